The van der Waals surface area contributed by atoms with Crippen LogP contribution in [0.1, 0.15) is 0 Å². The van der Waals surface area contributed by atoms with Crippen LogP contribution in [0, 0.1) is 5.41 Å². The Labute approximate surface area is 106 Å². The van der Waals surface area contributed by atoms with E-state index in [1.807, 2.05) is 35.2 Å². The number of para-hydroxylation sites is 1. The van der Waals surface area contributed by atoms with E-state index < -0.39 is 0 Å². The fourth-order valence-electron chi connectivity index (χ4n) is 1.69. The third-order valence-corrected chi connectivity index (χ3v) is 4.89. The van der Waals surface area contributed by atoms with Gasteiger partial charge in [-0.3, -0.25) is 4.79 Å². The van der Waals surface area contributed by atoms with Crippen molar-refractivity contribution in [1.29, 1.82) is 0 Å². The van der Waals surface area contributed by atoms with Crippen LogP contribution in [0.25, 0.3) is 0 Å². The van der Waals surface area contributed by atoms with Gasteiger partial charge >= 0.3 is 0 Å². The maximum absolute atomic E-state index is 12.0. The summed E-state index contributed by atoms with van der Waals surface area (Å²) in [6.45, 7) is 0.784. The lowest BCUT2D eigenvalue weighted by molar-refractivity contribution is -0.131. The number of hydrogen-bond acceptors (Lipinski definition) is 1. The third-order valence-electron chi connectivity index (χ3n) is 2.74. The van der Waals surface area contributed by atoms with Gasteiger partial charge < -0.3 is 4.90 Å². The van der Waals surface area contributed by atoms with E-state index >= 15 is 0 Å². The average molecular weight is 333 g/mol. The summed E-state index contributed by atoms with van der Waals surface area (Å²) < 4.78 is 0. The van der Waals surface area contributed by atoms with Crippen molar-refractivity contribution in [3.63, 3.8) is 0 Å². The molecule has 1 aliphatic heterocycles. The van der Waals surface area contributed by atoms with Crippen molar-refractivity contribution in [3.8, 4) is 0 Å². The highest BCUT2D eigenvalue weighted by atomic mass is 79.9. The molecule has 0 unspecified atom stereocenters. The number of carbonyl (C=O) groups excluding carboxylic acids is 1. The van der Waals surface area contributed by atoms with Gasteiger partial charge in [-0.25, -0.2) is 0 Å². The molecule has 15 heavy (non-hydrogen) atoms. The molecule has 1 saturated heterocycles. The summed E-state index contributed by atoms with van der Waals surface area (Å²) >= 11 is 6.81. The van der Waals surface area contributed by atoms with Gasteiger partial charge in [0.2, 0.25) is 5.91 Å². The van der Waals surface area contributed by atoms with Gasteiger partial charge in [0, 0.05) is 22.9 Å². The lowest BCUT2D eigenvalue weighted by atomic mass is 9.82. The molecule has 0 N–H and O–H groups in total. The number of alkyl halides is 2. The standard InChI is InChI=1S/C11H11Br2NO/c12-6-11(7-13)8-14(10(11)15)9-4-2-1-3-5-9/h1-5H,6-8H2. The van der Waals surface area contributed by atoms with Gasteiger partial charge in [0.05, 0.1) is 5.41 Å². The van der Waals surface area contributed by atoms with Crippen molar-refractivity contribution in [2.75, 3.05) is 22.1 Å². The molecule has 2 nitrogen and oxygen atoms in total. The van der Waals surface area contributed by atoms with Crippen LogP contribution in [0.3, 0.4) is 0 Å². The summed E-state index contributed by atoms with van der Waals surface area (Å²) in [6.07, 6.45) is 0. The zero-order chi connectivity index (χ0) is 10.9. The third kappa shape index (κ3) is 1.74. The molecule has 2 rings (SSSR count). The fourth-order valence-corrected chi connectivity index (χ4v) is 3.45. The van der Waals surface area contributed by atoms with E-state index in [0.29, 0.717) is 10.7 Å². The van der Waals surface area contributed by atoms with E-state index in [1.165, 1.54) is 0 Å². The number of rotatable bonds is 3. The molecule has 0 bridgehead atoms. The molecule has 1 amide bonds. The molecule has 1 aromatic rings. The molecule has 80 valence electrons. The van der Waals surface area contributed by atoms with E-state index in [0.717, 1.165) is 12.2 Å². The highest BCUT2D eigenvalue weighted by Crippen LogP contribution is 2.38. The van der Waals surface area contributed by atoms with Gasteiger partial charge in [0.1, 0.15) is 0 Å². The largest absolute Gasteiger partial charge is 0.311 e. The number of carbonyl (C=O) groups is 1. The maximum atomic E-state index is 12.0. The van der Waals surface area contributed by atoms with Crippen LogP contribution in [0.4, 0.5) is 5.69 Å². The summed E-state index contributed by atoms with van der Waals surface area (Å²) in [6, 6.07) is 9.78. The number of amides is 1. The highest BCUT2D eigenvalue weighted by molar-refractivity contribution is 9.09. The van der Waals surface area contributed by atoms with Crippen molar-refractivity contribution in [2.45, 2.75) is 0 Å². The van der Waals surface area contributed by atoms with Crippen molar-refractivity contribution in [1.82, 2.24) is 0 Å². The van der Waals surface area contributed by atoms with Crippen LogP contribution >= 0.6 is 31.9 Å². The van der Waals surface area contributed by atoms with Crippen LogP contribution in [0.15, 0.2) is 30.3 Å². The highest BCUT2D eigenvalue weighted by Gasteiger charge is 2.50. The van der Waals surface area contributed by atoms with E-state index in [1.54, 1.807) is 0 Å². The van der Waals surface area contributed by atoms with Crippen LogP contribution in [-0.2, 0) is 4.79 Å². The summed E-state index contributed by atoms with van der Waals surface area (Å²) in [5.74, 6) is 0.197. The van der Waals surface area contributed by atoms with E-state index in [-0.39, 0.29) is 11.3 Å². The molecule has 0 saturated carbocycles. The predicted octanol–water partition coefficient (Wildman–Crippen LogP) is 2.81. The Morgan fingerprint density at radius 2 is 1.80 bits per heavy atom. The van der Waals surface area contributed by atoms with Crippen LogP contribution in [0.5, 0.6) is 0 Å². The van der Waals surface area contributed by atoms with E-state index in [9.17, 15) is 4.79 Å². The number of hydrogen-bond donors (Lipinski definition) is 0. The Kier molecular flexibility index (Phi) is 3.16. The monoisotopic (exact) mass is 331 g/mol. The quantitative estimate of drug-likeness (QED) is 0.615. The number of nitrogens with zero attached hydrogens (tertiary/aromatic N) is 1. The summed E-state index contributed by atoms with van der Waals surface area (Å²) in [4.78, 5) is 13.8. The Morgan fingerprint density at radius 3 is 2.27 bits per heavy atom. The van der Waals surface area contributed by atoms with Gasteiger partial charge in [-0.15, -0.1) is 0 Å². The normalized spacial score (nSPS) is 18.8. The molecule has 1 aliphatic rings. The molecule has 1 fully saturated rings. The minimum Gasteiger partial charge on any atom is -0.311 e. The molecule has 1 aromatic carbocycles. The molecule has 0 aromatic heterocycles. The van der Waals surface area contributed by atoms with E-state index in [2.05, 4.69) is 31.9 Å². The lowest BCUT2D eigenvalue weighted by Gasteiger charge is -2.47. The number of anilines is 1. The van der Waals surface area contributed by atoms with Crippen LogP contribution in [0.2, 0.25) is 0 Å². The van der Waals surface area contributed by atoms with Gasteiger partial charge in [0.15, 0.2) is 0 Å². The molecule has 0 atom stereocenters. The van der Waals surface area contributed by atoms with Crippen molar-refractivity contribution < 1.29 is 4.79 Å². The summed E-state index contributed by atoms with van der Waals surface area (Å²) in [5.41, 5.74) is 0.746. The van der Waals surface area contributed by atoms with E-state index in [4.69, 9.17) is 0 Å². The second kappa shape index (κ2) is 4.26. The van der Waals surface area contributed by atoms with Crippen molar-refractivity contribution in [3.05, 3.63) is 30.3 Å². The minimum atomic E-state index is -0.240. The first-order chi connectivity index (χ1) is 7.23. The first-order valence-electron chi connectivity index (χ1n) is 4.72. The number of halogens is 2. The van der Waals surface area contributed by atoms with Crippen LogP contribution in [-0.4, -0.2) is 23.1 Å². The predicted molar refractivity (Wildman–Crippen MR) is 68.8 cm³/mol. The Balaban J connectivity index is 2.16. The van der Waals surface area contributed by atoms with Gasteiger partial charge in [-0.1, -0.05) is 50.1 Å². The zero-order valence-electron chi connectivity index (χ0n) is 8.12. The Bertz CT molecular complexity index is 362. The molecule has 0 spiro atoms. The second-order valence-electron chi connectivity index (χ2n) is 3.77. The van der Waals surface area contributed by atoms with Gasteiger partial charge in [0.25, 0.3) is 0 Å². The number of β-lactam (4-membered cyclic amide) rings is 1. The fraction of sp³-hybridized carbons (Fsp3) is 0.364. The van der Waals surface area contributed by atoms with Gasteiger partial charge in [-0.05, 0) is 12.1 Å². The molecule has 1 heterocycles. The molecule has 0 aliphatic carbocycles. The second-order valence-corrected chi connectivity index (χ2v) is 4.90. The molecular weight excluding hydrogens is 322 g/mol. The maximum Gasteiger partial charge on any atom is 0.236 e. The Morgan fingerprint density at radius 1 is 1.20 bits per heavy atom. The molecule has 4 heteroatoms. The minimum absolute atomic E-state index is 0.197. The lowest BCUT2D eigenvalue weighted by Crippen LogP contribution is -2.63. The zero-order valence-corrected chi connectivity index (χ0v) is 11.3. The smallest absolute Gasteiger partial charge is 0.236 e. The van der Waals surface area contributed by atoms with Crippen LogP contribution < -0.4 is 4.90 Å². The van der Waals surface area contributed by atoms with Gasteiger partial charge in [-0.2, -0.15) is 0 Å². The van der Waals surface area contributed by atoms with Crippen molar-refractivity contribution in [2.24, 2.45) is 5.41 Å². The summed E-state index contributed by atoms with van der Waals surface area (Å²) in [5, 5.41) is 1.43. The molecular formula is C11H11Br2NO. The first kappa shape index (κ1) is 11.1. The first-order valence-corrected chi connectivity index (χ1v) is 6.97. The average Bonchev–Trinajstić information content (AvgIpc) is 2.30. The topological polar surface area (TPSA) is 20.3 Å². The Hall–Kier alpha value is -0.350. The molecule has 0 radical (unpaired) electrons. The summed E-state index contributed by atoms with van der Waals surface area (Å²) in [7, 11) is 0. The van der Waals surface area contributed by atoms with Crippen molar-refractivity contribution >= 4 is 43.5 Å². The SMILES string of the molecule is O=C1N(c2ccccc2)CC1(CBr)CBr. The number of benzene rings is 1.